The number of nitrogens with zero attached hydrogens (tertiary/aromatic N) is 2. The lowest BCUT2D eigenvalue weighted by atomic mass is 10.1. The second-order valence-electron chi connectivity index (χ2n) is 5.96. The van der Waals surface area contributed by atoms with Gasteiger partial charge in [-0.15, -0.1) is 0 Å². The summed E-state index contributed by atoms with van der Waals surface area (Å²) >= 11 is 0. The van der Waals surface area contributed by atoms with Crippen molar-refractivity contribution < 1.29 is 17.9 Å². The third-order valence-corrected chi connectivity index (χ3v) is 4.03. The minimum atomic E-state index is -4.41. The number of hydrogen-bond donors (Lipinski definition) is 1. The van der Waals surface area contributed by atoms with Crippen LogP contribution in [0.1, 0.15) is 24.6 Å². The van der Waals surface area contributed by atoms with Crippen LogP contribution in [0.5, 0.6) is 5.75 Å². The van der Waals surface area contributed by atoms with E-state index in [0.717, 1.165) is 30.0 Å². The molecule has 26 heavy (non-hydrogen) atoms. The van der Waals surface area contributed by atoms with Crippen LogP contribution in [0.4, 0.5) is 13.2 Å². The van der Waals surface area contributed by atoms with Crippen molar-refractivity contribution in [1.82, 2.24) is 9.38 Å². The van der Waals surface area contributed by atoms with Gasteiger partial charge in [-0.05, 0) is 49.4 Å². The molecule has 0 fully saturated rings. The SMILES string of the molecule is CCCOc1ccc(-c2nc3ccc(C(F)(F)F)cn3c2CCN)cc1. The number of alkyl halides is 3. The van der Waals surface area contributed by atoms with Crippen molar-refractivity contribution in [3.8, 4) is 17.0 Å². The summed E-state index contributed by atoms with van der Waals surface area (Å²) in [6.07, 6.45) is -1.99. The second-order valence-corrected chi connectivity index (χ2v) is 5.96. The van der Waals surface area contributed by atoms with E-state index in [9.17, 15) is 13.2 Å². The van der Waals surface area contributed by atoms with Gasteiger partial charge in [0.15, 0.2) is 0 Å². The fourth-order valence-corrected chi connectivity index (χ4v) is 2.80. The number of imidazole rings is 1. The predicted molar refractivity (Wildman–Crippen MR) is 94.2 cm³/mol. The van der Waals surface area contributed by atoms with Gasteiger partial charge < -0.3 is 14.9 Å². The Morgan fingerprint density at radius 2 is 1.85 bits per heavy atom. The monoisotopic (exact) mass is 363 g/mol. The van der Waals surface area contributed by atoms with Crippen LogP contribution in [0.25, 0.3) is 16.9 Å². The number of nitrogens with two attached hydrogens (primary N) is 1. The molecule has 2 aromatic heterocycles. The maximum absolute atomic E-state index is 13.0. The lowest BCUT2D eigenvalue weighted by Gasteiger charge is -2.09. The van der Waals surface area contributed by atoms with E-state index < -0.39 is 11.7 Å². The number of rotatable bonds is 6. The Hall–Kier alpha value is -2.54. The van der Waals surface area contributed by atoms with Gasteiger partial charge >= 0.3 is 6.18 Å². The predicted octanol–water partition coefficient (Wildman–Crippen LogP) is 4.31. The van der Waals surface area contributed by atoms with Gasteiger partial charge in [-0.1, -0.05) is 6.92 Å². The summed E-state index contributed by atoms with van der Waals surface area (Å²) in [6.45, 7) is 2.97. The van der Waals surface area contributed by atoms with E-state index in [4.69, 9.17) is 10.5 Å². The van der Waals surface area contributed by atoms with Gasteiger partial charge in [0.2, 0.25) is 0 Å². The first-order valence-corrected chi connectivity index (χ1v) is 8.45. The Balaban J connectivity index is 2.06. The summed E-state index contributed by atoms with van der Waals surface area (Å²) in [5.74, 6) is 0.749. The molecule has 0 aliphatic rings. The van der Waals surface area contributed by atoms with Crippen LogP contribution in [0, 0.1) is 0 Å². The largest absolute Gasteiger partial charge is 0.494 e. The van der Waals surface area contributed by atoms with E-state index in [-0.39, 0.29) is 0 Å². The number of aromatic nitrogens is 2. The van der Waals surface area contributed by atoms with Crippen molar-refractivity contribution in [1.29, 1.82) is 0 Å². The maximum Gasteiger partial charge on any atom is 0.417 e. The maximum atomic E-state index is 13.0. The van der Waals surface area contributed by atoms with Crippen molar-refractivity contribution in [2.75, 3.05) is 13.2 Å². The Morgan fingerprint density at radius 1 is 1.12 bits per heavy atom. The molecule has 0 unspecified atom stereocenters. The van der Waals surface area contributed by atoms with Crippen LogP contribution in [-0.2, 0) is 12.6 Å². The van der Waals surface area contributed by atoms with Crippen molar-refractivity contribution in [2.24, 2.45) is 5.73 Å². The fraction of sp³-hybridized carbons (Fsp3) is 0.316. The molecule has 0 amide bonds. The van der Waals surface area contributed by atoms with Gasteiger partial charge in [0, 0.05) is 18.2 Å². The molecule has 0 bridgehead atoms. The molecule has 0 atom stereocenters. The summed E-state index contributed by atoms with van der Waals surface area (Å²) < 4.78 is 46.2. The number of fused-ring (bicyclic) bond motifs is 1. The first kappa shape index (κ1) is 18.3. The molecule has 4 nitrogen and oxygen atoms in total. The van der Waals surface area contributed by atoms with Crippen molar-refractivity contribution in [2.45, 2.75) is 25.9 Å². The highest BCUT2D eigenvalue weighted by atomic mass is 19.4. The van der Waals surface area contributed by atoms with Gasteiger partial charge in [0.1, 0.15) is 11.4 Å². The van der Waals surface area contributed by atoms with Gasteiger partial charge in [0.05, 0.1) is 23.6 Å². The molecule has 0 radical (unpaired) electrons. The van der Waals surface area contributed by atoms with Gasteiger partial charge in [-0.25, -0.2) is 4.98 Å². The average Bonchev–Trinajstić information content (AvgIpc) is 2.98. The minimum absolute atomic E-state index is 0.314. The summed E-state index contributed by atoms with van der Waals surface area (Å²) in [6, 6.07) is 9.81. The van der Waals surface area contributed by atoms with Crippen LogP contribution in [0.2, 0.25) is 0 Å². The second kappa shape index (κ2) is 7.37. The van der Waals surface area contributed by atoms with Gasteiger partial charge in [-0.3, -0.25) is 0 Å². The van der Waals surface area contributed by atoms with E-state index in [1.165, 1.54) is 10.5 Å². The zero-order chi connectivity index (χ0) is 18.7. The Bertz CT molecular complexity index is 885. The zero-order valence-corrected chi connectivity index (χ0v) is 14.4. The van der Waals surface area contributed by atoms with E-state index in [1.807, 2.05) is 31.2 Å². The van der Waals surface area contributed by atoms with Crippen LogP contribution in [0.15, 0.2) is 42.6 Å². The highest BCUT2D eigenvalue weighted by molar-refractivity contribution is 5.67. The van der Waals surface area contributed by atoms with E-state index in [2.05, 4.69) is 4.98 Å². The van der Waals surface area contributed by atoms with Crippen LogP contribution < -0.4 is 10.5 Å². The topological polar surface area (TPSA) is 52.5 Å². The number of halogens is 3. The van der Waals surface area contributed by atoms with Crippen molar-refractivity contribution in [3.05, 3.63) is 53.9 Å². The molecular formula is C19H20F3N3O. The standard InChI is InChI=1S/C19H20F3N3O/c1-2-11-26-15-6-3-13(4-7-15)18-16(9-10-23)25-12-14(19(20,21)22)5-8-17(25)24-18/h3-8,12H,2,9-11,23H2,1H3. The summed E-state index contributed by atoms with van der Waals surface area (Å²) in [7, 11) is 0. The Kier molecular flexibility index (Phi) is 5.18. The number of pyridine rings is 1. The Labute approximate surface area is 149 Å². The zero-order valence-electron chi connectivity index (χ0n) is 14.4. The smallest absolute Gasteiger partial charge is 0.417 e. The molecule has 138 valence electrons. The third kappa shape index (κ3) is 3.67. The molecule has 0 spiro atoms. The molecule has 0 aliphatic heterocycles. The highest BCUT2D eigenvalue weighted by Crippen LogP contribution is 2.32. The van der Waals surface area contributed by atoms with Crippen molar-refractivity contribution >= 4 is 5.65 Å². The third-order valence-electron chi connectivity index (χ3n) is 4.03. The number of ether oxygens (including phenoxy) is 1. The first-order chi connectivity index (χ1) is 12.4. The normalized spacial score (nSPS) is 11.9. The molecule has 0 aliphatic carbocycles. The lowest BCUT2D eigenvalue weighted by Crippen LogP contribution is -2.09. The van der Waals surface area contributed by atoms with Crippen LogP contribution in [0.3, 0.4) is 0 Å². The first-order valence-electron chi connectivity index (χ1n) is 8.45. The molecular weight excluding hydrogens is 343 g/mol. The highest BCUT2D eigenvalue weighted by Gasteiger charge is 2.31. The van der Waals surface area contributed by atoms with Crippen LogP contribution >= 0.6 is 0 Å². The van der Waals surface area contributed by atoms with E-state index in [1.54, 1.807) is 0 Å². The minimum Gasteiger partial charge on any atom is -0.494 e. The Morgan fingerprint density at radius 3 is 2.46 bits per heavy atom. The van der Waals surface area contributed by atoms with Gasteiger partial charge in [0.25, 0.3) is 0 Å². The molecule has 0 saturated carbocycles. The molecule has 3 rings (SSSR count). The summed E-state index contributed by atoms with van der Waals surface area (Å²) in [5, 5.41) is 0. The summed E-state index contributed by atoms with van der Waals surface area (Å²) in [5.41, 5.74) is 7.54. The average molecular weight is 363 g/mol. The fourth-order valence-electron chi connectivity index (χ4n) is 2.80. The molecule has 2 heterocycles. The molecule has 1 aromatic carbocycles. The van der Waals surface area contributed by atoms with Crippen molar-refractivity contribution in [3.63, 3.8) is 0 Å². The molecule has 2 N–H and O–H groups in total. The molecule has 3 aromatic rings. The van der Waals surface area contributed by atoms with Crippen LogP contribution in [-0.4, -0.2) is 22.5 Å². The molecule has 0 saturated heterocycles. The number of benzene rings is 1. The lowest BCUT2D eigenvalue weighted by molar-refractivity contribution is -0.137. The van der Waals surface area contributed by atoms with Gasteiger partial charge in [-0.2, -0.15) is 13.2 Å². The quantitative estimate of drug-likeness (QED) is 0.710. The number of hydrogen-bond acceptors (Lipinski definition) is 3. The molecule has 7 heteroatoms. The summed E-state index contributed by atoms with van der Waals surface area (Å²) in [4.78, 5) is 4.52. The van der Waals surface area contributed by atoms with E-state index in [0.29, 0.717) is 36.6 Å². The van der Waals surface area contributed by atoms with E-state index >= 15 is 0 Å².